The molecule has 0 aromatic rings. The molecule has 25 nitrogen and oxygen atoms in total. The maximum Gasteiger partial charge on any atom is 0.243 e. The Morgan fingerprint density at radius 1 is 0.385 bits per heavy atom. The molecule has 10 amide bonds. The van der Waals surface area contributed by atoms with Crippen LogP contribution in [0, 0.1) is 5.92 Å². The highest BCUT2D eigenvalue weighted by Gasteiger charge is 2.32. The Morgan fingerprint density at radius 3 is 1.09 bits per heavy atom. The van der Waals surface area contributed by atoms with Crippen LogP contribution in [0.25, 0.3) is 0 Å². The lowest BCUT2D eigenvalue weighted by atomic mass is 10.0. The smallest absolute Gasteiger partial charge is 0.243 e. The summed E-state index contributed by atoms with van der Waals surface area (Å²) in [6, 6.07) is -7.71. The standard InChI is InChI=1S/C40H77N15O10/c1-6-24(34(59)46-8-3)52-38(63)28(13-18-44)54-39(64)29(14-19-45)55-40(65)30(20-23(4)5)51-33(58)22-47-35(60)26(11-16-42)50-32(57)21-48-36(61)27(12-17-43)53-37(62)25(7-2)49-31(56)10-9-15-41/h23-30H,6-22,41-45H2,1-5H3,(H,46,59)(H,47,60)(H,48,61)(H,49,56)(H,50,57)(H,51,58)(H,52,63)(H,53,62)(H,54,64)(H,55,65)/t24?,25?,26?,27?,28-,29-,30-/m0/s1. The summed E-state index contributed by atoms with van der Waals surface area (Å²) in [4.78, 5) is 130. The van der Waals surface area contributed by atoms with Gasteiger partial charge in [-0.05, 0) is 96.9 Å². The first-order chi connectivity index (χ1) is 30.8. The molecule has 0 aliphatic heterocycles. The zero-order valence-corrected chi connectivity index (χ0v) is 38.6. The van der Waals surface area contributed by atoms with E-state index in [0.717, 1.165) is 0 Å². The van der Waals surface area contributed by atoms with E-state index in [0.29, 0.717) is 19.5 Å². The number of likely N-dealkylation sites (N-methyl/N-ethyl adjacent to an activating group) is 1. The van der Waals surface area contributed by atoms with Gasteiger partial charge in [0.2, 0.25) is 59.1 Å². The molecular formula is C40H77N15O10. The average Bonchev–Trinajstić information content (AvgIpc) is 3.26. The molecule has 0 rings (SSSR count). The van der Waals surface area contributed by atoms with Crippen LogP contribution in [0.5, 0.6) is 0 Å². The maximum atomic E-state index is 13.6. The monoisotopic (exact) mass is 928 g/mol. The Hall–Kier alpha value is -5.50. The van der Waals surface area contributed by atoms with Crippen LogP contribution in [0.3, 0.4) is 0 Å². The second-order valence-corrected chi connectivity index (χ2v) is 15.6. The van der Waals surface area contributed by atoms with Crippen molar-refractivity contribution in [1.29, 1.82) is 0 Å². The number of hydrogen-bond acceptors (Lipinski definition) is 15. The lowest BCUT2D eigenvalue weighted by molar-refractivity contribution is -0.135. The van der Waals surface area contributed by atoms with Crippen molar-refractivity contribution >= 4 is 59.1 Å². The van der Waals surface area contributed by atoms with Crippen molar-refractivity contribution in [2.75, 3.05) is 52.4 Å². The molecule has 0 bridgehead atoms. The molecule has 20 N–H and O–H groups in total. The first-order valence-corrected chi connectivity index (χ1v) is 22.3. The summed E-state index contributed by atoms with van der Waals surface area (Å²) in [5.41, 5.74) is 28.2. The molecule has 7 atom stereocenters. The Balaban J connectivity index is 5.60. The van der Waals surface area contributed by atoms with Gasteiger partial charge in [-0.15, -0.1) is 0 Å². The highest BCUT2D eigenvalue weighted by Crippen LogP contribution is 2.07. The number of carbonyl (C=O) groups excluding carboxylic acids is 10. The molecule has 372 valence electrons. The fraction of sp³-hybridized carbons (Fsp3) is 0.750. The predicted octanol–water partition coefficient (Wildman–Crippen LogP) is -6.25. The van der Waals surface area contributed by atoms with Gasteiger partial charge < -0.3 is 81.8 Å². The molecule has 65 heavy (non-hydrogen) atoms. The van der Waals surface area contributed by atoms with Crippen LogP contribution in [-0.2, 0) is 47.9 Å². The lowest BCUT2D eigenvalue weighted by Gasteiger charge is -2.26. The molecule has 0 aliphatic rings. The summed E-state index contributed by atoms with van der Waals surface area (Å²) in [7, 11) is 0. The summed E-state index contributed by atoms with van der Waals surface area (Å²) >= 11 is 0. The van der Waals surface area contributed by atoms with Gasteiger partial charge in [0.25, 0.3) is 0 Å². The third-order valence-corrected chi connectivity index (χ3v) is 9.64. The average molecular weight is 928 g/mol. The molecule has 0 aromatic carbocycles. The highest BCUT2D eigenvalue weighted by molar-refractivity contribution is 5.97. The van der Waals surface area contributed by atoms with E-state index in [-0.39, 0.29) is 89.4 Å². The Bertz CT molecular complexity index is 1550. The minimum atomic E-state index is -1.23. The number of amides is 10. The van der Waals surface area contributed by atoms with Gasteiger partial charge >= 0.3 is 0 Å². The van der Waals surface area contributed by atoms with E-state index in [1.165, 1.54) is 0 Å². The van der Waals surface area contributed by atoms with Gasteiger partial charge in [-0.25, -0.2) is 0 Å². The molecule has 0 aromatic heterocycles. The number of carbonyl (C=O) groups is 10. The minimum absolute atomic E-state index is 0.00556. The van der Waals surface area contributed by atoms with E-state index in [9.17, 15) is 47.9 Å². The van der Waals surface area contributed by atoms with E-state index in [4.69, 9.17) is 28.7 Å². The SMILES string of the molecule is CCNC(=O)C(CC)NC(=O)[C@H](CCN)NC(=O)[C@H](CCN)NC(=O)[C@H](CC(C)C)NC(=O)CNC(=O)C(CCN)NC(=O)CNC(=O)C(CCN)NC(=O)C(CC)NC(=O)CCCN. The summed E-state index contributed by atoms with van der Waals surface area (Å²) in [5.74, 6) is -6.77. The normalized spacial score (nSPS) is 14.1. The third-order valence-electron chi connectivity index (χ3n) is 9.64. The molecule has 0 saturated heterocycles. The Kier molecular flexibility index (Phi) is 31.1. The maximum absolute atomic E-state index is 13.6. The van der Waals surface area contributed by atoms with Crippen LogP contribution in [0.15, 0.2) is 0 Å². The first-order valence-electron chi connectivity index (χ1n) is 22.3. The zero-order chi connectivity index (χ0) is 49.5. The third kappa shape index (κ3) is 24.4. The second kappa shape index (κ2) is 33.9. The van der Waals surface area contributed by atoms with Gasteiger partial charge in [0.15, 0.2) is 0 Å². The van der Waals surface area contributed by atoms with Gasteiger partial charge in [-0.3, -0.25) is 47.9 Å². The second-order valence-electron chi connectivity index (χ2n) is 15.6. The quantitative estimate of drug-likeness (QED) is 0.0286. The number of nitrogens with two attached hydrogens (primary N) is 5. The van der Waals surface area contributed by atoms with Crippen LogP contribution in [0.1, 0.15) is 92.4 Å². The van der Waals surface area contributed by atoms with E-state index in [1.807, 2.05) is 0 Å². The summed E-state index contributed by atoms with van der Waals surface area (Å²) in [6.45, 7) is 8.07. The Morgan fingerprint density at radius 2 is 0.708 bits per heavy atom. The van der Waals surface area contributed by atoms with Crippen LogP contribution < -0.4 is 81.8 Å². The predicted molar refractivity (Wildman–Crippen MR) is 241 cm³/mol. The zero-order valence-electron chi connectivity index (χ0n) is 38.6. The molecular weight excluding hydrogens is 851 g/mol. The van der Waals surface area contributed by atoms with Crippen molar-refractivity contribution < 1.29 is 47.9 Å². The van der Waals surface area contributed by atoms with Crippen molar-refractivity contribution in [3.05, 3.63) is 0 Å². The number of hydrogen-bond donors (Lipinski definition) is 15. The van der Waals surface area contributed by atoms with Crippen molar-refractivity contribution in [1.82, 2.24) is 53.2 Å². The fourth-order valence-corrected chi connectivity index (χ4v) is 6.14. The summed E-state index contributed by atoms with van der Waals surface area (Å²) in [5, 5.41) is 25.3. The van der Waals surface area contributed by atoms with Gasteiger partial charge in [0.05, 0.1) is 13.1 Å². The molecule has 0 heterocycles. The van der Waals surface area contributed by atoms with Crippen molar-refractivity contribution in [2.24, 2.45) is 34.6 Å². The molecule has 4 unspecified atom stereocenters. The lowest BCUT2D eigenvalue weighted by Crippen LogP contribution is -2.59. The van der Waals surface area contributed by atoms with Crippen molar-refractivity contribution in [3.63, 3.8) is 0 Å². The van der Waals surface area contributed by atoms with Crippen LogP contribution in [0.4, 0.5) is 0 Å². The molecule has 0 saturated carbocycles. The summed E-state index contributed by atoms with van der Waals surface area (Å²) in [6.07, 6.45) is 1.14. The first kappa shape index (κ1) is 59.5. The molecule has 0 aliphatic carbocycles. The van der Waals surface area contributed by atoms with Crippen LogP contribution in [-0.4, -0.2) is 154 Å². The molecule has 0 fully saturated rings. The van der Waals surface area contributed by atoms with E-state index >= 15 is 0 Å². The van der Waals surface area contributed by atoms with Gasteiger partial charge in [-0.1, -0.05) is 27.7 Å². The molecule has 0 radical (unpaired) electrons. The fourth-order valence-electron chi connectivity index (χ4n) is 6.14. The van der Waals surface area contributed by atoms with Crippen molar-refractivity contribution in [3.8, 4) is 0 Å². The van der Waals surface area contributed by atoms with Gasteiger partial charge in [0.1, 0.15) is 42.3 Å². The van der Waals surface area contributed by atoms with Crippen molar-refractivity contribution in [2.45, 2.75) is 135 Å². The minimum Gasteiger partial charge on any atom is -0.355 e. The number of nitrogens with one attached hydrogen (secondary N) is 10. The Labute approximate surface area is 381 Å². The topological polar surface area (TPSA) is 421 Å². The summed E-state index contributed by atoms with van der Waals surface area (Å²) < 4.78 is 0. The van der Waals surface area contributed by atoms with Crippen LogP contribution in [0.2, 0.25) is 0 Å². The van der Waals surface area contributed by atoms with E-state index in [2.05, 4.69) is 53.2 Å². The van der Waals surface area contributed by atoms with E-state index < -0.39 is 109 Å². The van der Waals surface area contributed by atoms with Gasteiger partial charge in [0, 0.05) is 13.0 Å². The molecule has 25 heteroatoms. The van der Waals surface area contributed by atoms with E-state index in [1.54, 1.807) is 34.6 Å². The molecule has 0 spiro atoms. The van der Waals surface area contributed by atoms with Crippen LogP contribution >= 0.6 is 0 Å². The highest BCUT2D eigenvalue weighted by atomic mass is 16.2. The van der Waals surface area contributed by atoms with Gasteiger partial charge in [-0.2, -0.15) is 0 Å². The number of rotatable bonds is 34. The largest absolute Gasteiger partial charge is 0.355 e.